The molecule has 13 heavy (non-hydrogen) atoms. The van der Waals surface area contributed by atoms with Gasteiger partial charge in [-0.1, -0.05) is 30.9 Å². The van der Waals surface area contributed by atoms with Crippen LogP contribution in [-0.4, -0.2) is 7.11 Å². The van der Waals surface area contributed by atoms with E-state index in [1.165, 1.54) is 11.1 Å². The maximum absolute atomic E-state index is 5.07. The molecule has 0 saturated carbocycles. The molecule has 0 heterocycles. The molecule has 68 valence electrons. The van der Waals surface area contributed by atoms with Crippen LogP contribution in [0, 0.1) is 0 Å². The minimum atomic E-state index is 0.884. The lowest BCUT2D eigenvalue weighted by molar-refractivity contribution is 0.415. The van der Waals surface area contributed by atoms with Crippen LogP contribution in [0.15, 0.2) is 43.0 Å². The Morgan fingerprint density at radius 1 is 1.31 bits per heavy atom. The lowest BCUT2D eigenvalue weighted by Crippen LogP contribution is -1.83. The third kappa shape index (κ3) is 2.48. The summed E-state index contributed by atoms with van der Waals surface area (Å²) < 4.78 is 5.07. The van der Waals surface area contributed by atoms with Crippen molar-refractivity contribution in [3.8, 4) is 5.75 Å². The van der Waals surface area contributed by atoms with Crippen molar-refractivity contribution in [3.05, 3.63) is 48.6 Å². The summed E-state index contributed by atoms with van der Waals surface area (Å²) in [5.41, 5.74) is 2.40. The van der Waals surface area contributed by atoms with E-state index in [4.69, 9.17) is 4.74 Å². The quantitative estimate of drug-likeness (QED) is 0.639. The summed E-state index contributed by atoms with van der Waals surface area (Å²) in [5.74, 6) is 0.884. The summed E-state index contributed by atoms with van der Waals surface area (Å²) in [6, 6.07) is 7.98. The van der Waals surface area contributed by atoms with E-state index < -0.39 is 0 Å². The zero-order chi connectivity index (χ0) is 9.68. The summed E-state index contributed by atoms with van der Waals surface area (Å²) in [6.45, 7) is 5.72. The monoisotopic (exact) mass is 174 g/mol. The summed E-state index contributed by atoms with van der Waals surface area (Å²) in [6.07, 6.45) is 3.78. The van der Waals surface area contributed by atoms with Crippen molar-refractivity contribution < 1.29 is 4.74 Å². The molecule has 0 unspecified atom stereocenters. The second-order valence-electron chi connectivity index (χ2n) is 2.81. The summed E-state index contributed by atoms with van der Waals surface area (Å²) in [7, 11) is 1.67. The van der Waals surface area contributed by atoms with Gasteiger partial charge in [-0.05, 0) is 30.2 Å². The Morgan fingerprint density at radius 2 is 1.92 bits per heavy atom. The molecule has 0 saturated heterocycles. The Kier molecular flexibility index (Phi) is 3.32. The van der Waals surface area contributed by atoms with Crippen LogP contribution in [0.1, 0.15) is 12.5 Å². The van der Waals surface area contributed by atoms with E-state index >= 15 is 0 Å². The predicted octanol–water partition coefficient (Wildman–Crippen LogP) is 3.28. The molecule has 0 aliphatic heterocycles. The molecule has 1 aromatic carbocycles. The fraction of sp³-hybridized carbons (Fsp3) is 0.167. The van der Waals surface area contributed by atoms with Gasteiger partial charge >= 0.3 is 0 Å². The van der Waals surface area contributed by atoms with E-state index in [0.717, 1.165) is 5.75 Å². The van der Waals surface area contributed by atoms with Crippen molar-refractivity contribution >= 4 is 5.57 Å². The van der Waals surface area contributed by atoms with Gasteiger partial charge in [0.1, 0.15) is 5.75 Å². The number of hydrogen-bond donors (Lipinski definition) is 0. The minimum Gasteiger partial charge on any atom is -0.497 e. The smallest absolute Gasteiger partial charge is 0.118 e. The van der Waals surface area contributed by atoms with Gasteiger partial charge in [0.25, 0.3) is 0 Å². The first-order valence-electron chi connectivity index (χ1n) is 4.21. The van der Waals surface area contributed by atoms with Gasteiger partial charge in [-0.2, -0.15) is 0 Å². The second kappa shape index (κ2) is 4.51. The predicted molar refractivity (Wildman–Crippen MR) is 56.8 cm³/mol. The SMILES string of the molecule is C=C/C=C(\C)c1ccc(OC)cc1. The van der Waals surface area contributed by atoms with Crippen LogP contribution in [0.25, 0.3) is 5.57 Å². The van der Waals surface area contributed by atoms with Gasteiger partial charge in [-0.15, -0.1) is 0 Å². The molecular weight excluding hydrogens is 160 g/mol. The number of rotatable bonds is 3. The number of benzene rings is 1. The summed E-state index contributed by atoms with van der Waals surface area (Å²) in [5, 5.41) is 0. The maximum Gasteiger partial charge on any atom is 0.118 e. The molecule has 0 fully saturated rings. The van der Waals surface area contributed by atoms with Gasteiger partial charge in [0.05, 0.1) is 7.11 Å². The molecule has 0 aromatic heterocycles. The normalized spacial score (nSPS) is 11.1. The Bertz CT molecular complexity index is 306. The van der Waals surface area contributed by atoms with Crippen LogP contribution in [-0.2, 0) is 0 Å². The number of methoxy groups -OCH3 is 1. The average molecular weight is 174 g/mol. The van der Waals surface area contributed by atoms with Crippen LogP contribution in [0.5, 0.6) is 5.75 Å². The van der Waals surface area contributed by atoms with Crippen molar-refractivity contribution in [2.24, 2.45) is 0 Å². The van der Waals surface area contributed by atoms with Gasteiger partial charge in [0.2, 0.25) is 0 Å². The van der Waals surface area contributed by atoms with Crippen molar-refractivity contribution in [1.82, 2.24) is 0 Å². The molecule has 1 nitrogen and oxygen atoms in total. The molecule has 1 heteroatoms. The third-order valence-corrected chi connectivity index (χ3v) is 1.91. The van der Waals surface area contributed by atoms with Crippen molar-refractivity contribution in [3.63, 3.8) is 0 Å². The molecule has 0 aliphatic rings. The molecule has 0 bridgehead atoms. The molecule has 0 amide bonds. The number of ether oxygens (including phenoxy) is 1. The van der Waals surface area contributed by atoms with E-state index in [-0.39, 0.29) is 0 Å². The highest BCUT2D eigenvalue weighted by Gasteiger charge is 1.94. The van der Waals surface area contributed by atoms with E-state index in [2.05, 4.69) is 13.5 Å². The molecule has 0 radical (unpaired) electrons. The van der Waals surface area contributed by atoms with Crippen LogP contribution < -0.4 is 4.74 Å². The Balaban J connectivity index is 2.91. The zero-order valence-electron chi connectivity index (χ0n) is 8.08. The Morgan fingerprint density at radius 3 is 2.38 bits per heavy atom. The first-order valence-corrected chi connectivity index (χ1v) is 4.21. The lowest BCUT2D eigenvalue weighted by atomic mass is 10.1. The highest BCUT2D eigenvalue weighted by molar-refractivity contribution is 5.65. The summed E-state index contributed by atoms with van der Waals surface area (Å²) >= 11 is 0. The van der Waals surface area contributed by atoms with Gasteiger partial charge in [-0.25, -0.2) is 0 Å². The van der Waals surface area contributed by atoms with Gasteiger partial charge < -0.3 is 4.74 Å². The molecule has 0 spiro atoms. The van der Waals surface area contributed by atoms with Gasteiger partial charge in [-0.3, -0.25) is 0 Å². The van der Waals surface area contributed by atoms with Crippen molar-refractivity contribution in [1.29, 1.82) is 0 Å². The standard InChI is InChI=1S/C12H14O/c1-4-5-10(2)11-6-8-12(13-3)9-7-11/h4-9H,1H2,2-3H3/b10-5+. The zero-order valence-corrected chi connectivity index (χ0v) is 8.08. The Labute approximate surface area is 79.4 Å². The molecule has 0 atom stereocenters. The molecule has 0 N–H and O–H groups in total. The highest BCUT2D eigenvalue weighted by atomic mass is 16.5. The van der Waals surface area contributed by atoms with E-state index in [0.29, 0.717) is 0 Å². The minimum absolute atomic E-state index is 0.884. The Hall–Kier alpha value is -1.50. The number of hydrogen-bond acceptors (Lipinski definition) is 1. The average Bonchev–Trinajstić information content (AvgIpc) is 2.18. The van der Waals surface area contributed by atoms with Crippen molar-refractivity contribution in [2.75, 3.05) is 7.11 Å². The van der Waals surface area contributed by atoms with E-state index in [1.54, 1.807) is 13.2 Å². The second-order valence-corrected chi connectivity index (χ2v) is 2.81. The largest absolute Gasteiger partial charge is 0.497 e. The van der Waals surface area contributed by atoms with E-state index in [1.807, 2.05) is 30.3 Å². The van der Waals surface area contributed by atoms with E-state index in [9.17, 15) is 0 Å². The fourth-order valence-corrected chi connectivity index (χ4v) is 1.13. The number of allylic oxidation sites excluding steroid dienone is 3. The van der Waals surface area contributed by atoms with Crippen LogP contribution >= 0.6 is 0 Å². The lowest BCUT2D eigenvalue weighted by Gasteiger charge is -2.02. The first-order chi connectivity index (χ1) is 6.27. The van der Waals surface area contributed by atoms with Crippen LogP contribution in [0.3, 0.4) is 0 Å². The molecule has 1 rings (SSSR count). The van der Waals surface area contributed by atoms with Crippen LogP contribution in [0.2, 0.25) is 0 Å². The van der Waals surface area contributed by atoms with Gasteiger partial charge in [0.15, 0.2) is 0 Å². The van der Waals surface area contributed by atoms with Gasteiger partial charge in [0, 0.05) is 0 Å². The topological polar surface area (TPSA) is 9.23 Å². The summed E-state index contributed by atoms with van der Waals surface area (Å²) in [4.78, 5) is 0. The molecular formula is C12H14O. The van der Waals surface area contributed by atoms with Crippen molar-refractivity contribution in [2.45, 2.75) is 6.92 Å². The molecule has 0 aliphatic carbocycles. The highest BCUT2D eigenvalue weighted by Crippen LogP contribution is 2.17. The van der Waals surface area contributed by atoms with Crippen LogP contribution in [0.4, 0.5) is 0 Å². The fourth-order valence-electron chi connectivity index (χ4n) is 1.13. The maximum atomic E-state index is 5.07. The third-order valence-electron chi connectivity index (χ3n) is 1.91. The molecule has 1 aromatic rings. The first kappa shape index (κ1) is 9.59.